The minimum absolute atomic E-state index is 0.0496. The highest BCUT2D eigenvalue weighted by Crippen LogP contribution is 2.51. The van der Waals surface area contributed by atoms with Gasteiger partial charge in [-0.1, -0.05) is 27.7 Å². The molecule has 2 aromatic rings. The van der Waals surface area contributed by atoms with Crippen LogP contribution in [0.25, 0.3) is 0 Å². The molecule has 0 radical (unpaired) electrons. The molecule has 2 heterocycles. The van der Waals surface area contributed by atoms with Crippen LogP contribution in [0.4, 0.5) is 11.4 Å². The Balaban J connectivity index is 2.22. The summed E-state index contributed by atoms with van der Waals surface area (Å²) in [5.74, 6) is 0.0496. The maximum absolute atomic E-state index is 11.8. The van der Waals surface area contributed by atoms with E-state index in [9.17, 15) is 4.79 Å². The molecular weight excluding hydrogens is 318 g/mol. The number of carbonyl (C=O) groups excluding carboxylic acids is 1. The normalized spacial score (nSPS) is 13.2. The van der Waals surface area contributed by atoms with E-state index in [1.165, 1.54) is 4.21 Å². The number of hydrogen-bond acceptors (Lipinski definition) is 3. The number of hydrogen-bond donors (Lipinski definition) is 0. The van der Waals surface area contributed by atoms with E-state index in [1.807, 2.05) is 23.6 Å². The molecule has 3 rings (SSSR count). The van der Waals surface area contributed by atoms with Gasteiger partial charge in [-0.2, -0.15) is 0 Å². The van der Waals surface area contributed by atoms with Crippen LogP contribution in [0.15, 0.2) is 43.2 Å². The molecule has 0 atom stereocenters. The average molecular weight is 326 g/mol. The molecule has 86 valence electrons. The van der Waals surface area contributed by atoms with Gasteiger partial charge in [-0.25, -0.2) is 0 Å². The van der Waals surface area contributed by atoms with Gasteiger partial charge in [-0.05, 0) is 29.6 Å². The summed E-state index contributed by atoms with van der Waals surface area (Å²) in [6.07, 6.45) is 0. The lowest BCUT2D eigenvalue weighted by Crippen LogP contribution is -2.24. The Kier molecular flexibility index (Phi) is 2.77. The predicted molar refractivity (Wildman–Crippen MR) is 75.4 cm³/mol. The van der Waals surface area contributed by atoms with E-state index in [0.29, 0.717) is 0 Å². The van der Waals surface area contributed by atoms with Crippen molar-refractivity contribution in [1.29, 1.82) is 0 Å². The second-order valence-corrected chi connectivity index (χ2v) is 6.80. The molecular formula is C12H8BrNOS2. The van der Waals surface area contributed by atoms with Crippen molar-refractivity contribution in [3.8, 4) is 0 Å². The van der Waals surface area contributed by atoms with Gasteiger partial charge in [-0.15, -0.1) is 11.3 Å². The van der Waals surface area contributed by atoms with Crippen LogP contribution >= 0.6 is 39.0 Å². The molecule has 0 spiro atoms. The van der Waals surface area contributed by atoms with Crippen molar-refractivity contribution in [3.05, 3.63) is 34.1 Å². The molecule has 0 saturated carbocycles. The quantitative estimate of drug-likeness (QED) is 0.702. The minimum Gasteiger partial charge on any atom is -0.278 e. The van der Waals surface area contributed by atoms with Gasteiger partial charge in [0.25, 0.3) is 0 Å². The number of amides is 1. The zero-order valence-corrected chi connectivity index (χ0v) is 12.2. The molecule has 0 unspecified atom stereocenters. The van der Waals surface area contributed by atoms with Gasteiger partial charge in [0.05, 0.1) is 15.6 Å². The van der Waals surface area contributed by atoms with Crippen molar-refractivity contribution >= 4 is 56.3 Å². The van der Waals surface area contributed by atoms with Crippen LogP contribution in [-0.2, 0) is 4.79 Å². The largest absolute Gasteiger partial charge is 0.278 e. The van der Waals surface area contributed by atoms with E-state index in [0.717, 1.165) is 20.7 Å². The van der Waals surface area contributed by atoms with Crippen molar-refractivity contribution in [2.24, 2.45) is 0 Å². The summed E-state index contributed by atoms with van der Waals surface area (Å²) < 4.78 is 2.21. The first-order valence-electron chi connectivity index (χ1n) is 5.02. The number of carbonyl (C=O) groups is 1. The molecule has 1 aliphatic rings. The maximum atomic E-state index is 11.8. The Bertz CT molecular complexity index is 608. The first-order chi connectivity index (χ1) is 8.16. The Morgan fingerprint density at radius 1 is 1.29 bits per heavy atom. The van der Waals surface area contributed by atoms with Gasteiger partial charge < -0.3 is 0 Å². The molecule has 5 heteroatoms. The number of anilines is 2. The van der Waals surface area contributed by atoms with Crippen molar-refractivity contribution in [3.63, 3.8) is 0 Å². The molecule has 17 heavy (non-hydrogen) atoms. The fourth-order valence-electron chi connectivity index (χ4n) is 1.85. The van der Waals surface area contributed by atoms with Crippen LogP contribution in [0, 0.1) is 0 Å². The van der Waals surface area contributed by atoms with Gasteiger partial charge in [0.1, 0.15) is 0 Å². The number of thiophene rings is 1. The number of rotatable bonds is 0. The smallest absolute Gasteiger partial charge is 0.228 e. The lowest BCUT2D eigenvalue weighted by atomic mass is 10.2. The van der Waals surface area contributed by atoms with Gasteiger partial charge in [0.15, 0.2) is 0 Å². The number of benzene rings is 1. The Morgan fingerprint density at radius 2 is 2.12 bits per heavy atom. The van der Waals surface area contributed by atoms with Crippen molar-refractivity contribution < 1.29 is 4.79 Å². The van der Waals surface area contributed by atoms with Gasteiger partial charge in [-0.3, -0.25) is 9.69 Å². The van der Waals surface area contributed by atoms with Gasteiger partial charge in [0, 0.05) is 16.3 Å². The topological polar surface area (TPSA) is 20.3 Å². The third-order valence-corrected chi connectivity index (χ3v) is 5.20. The summed E-state index contributed by atoms with van der Waals surface area (Å²) in [4.78, 5) is 14.7. The molecule has 0 fully saturated rings. The fourth-order valence-corrected chi connectivity index (χ4v) is 4.51. The van der Waals surface area contributed by atoms with Crippen molar-refractivity contribution in [1.82, 2.24) is 0 Å². The maximum Gasteiger partial charge on any atom is 0.228 e. The first-order valence-corrected chi connectivity index (χ1v) is 7.51. The van der Waals surface area contributed by atoms with Crippen LogP contribution in [0.1, 0.15) is 6.92 Å². The van der Waals surface area contributed by atoms with E-state index < -0.39 is 0 Å². The molecule has 0 aliphatic carbocycles. The lowest BCUT2D eigenvalue weighted by molar-refractivity contribution is -0.115. The Morgan fingerprint density at radius 3 is 2.88 bits per heavy atom. The van der Waals surface area contributed by atoms with E-state index in [1.54, 1.807) is 34.9 Å². The predicted octanol–water partition coefficient (Wildman–Crippen LogP) is 4.66. The number of fused-ring (bicyclic) bond motifs is 2. The minimum atomic E-state index is 0.0496. The highest BCUT2D eigenvalue weighted by atomic mass is 79.9. The summed E-state index contributed by atoms with van der Waals surface area (Å²) in [7, 11) is 0. The molecule has 1 amide bonds. The van der Waals surface area contributed by atoms with Crippen LogP contribution in [-0.4, -0.2) is 5.91 Å². The molecule has 1 aliphatic heterocycles. The van der Waals surface area contributed by atoms with E-state index >= 15 is 0 Å². The van der Waals surface area contributed by atoms with Crippen LogP contribution in [0.3, 0.4) is 0 Å². The van der Waals surface area contributed by atoms with Gasteiger partial charge >= 0.3 is 0 Å². The van der Waals surface area contributed by atoms with Crippen LogP contribution in [0.5, 0.6) is 0 Å². The Hall–Kier alpha value is -0.780. The SMILES string of the molecule is CC(=O)N1c2ccc(Br)cc2Sc2sccc21. The highest BCUT2D eigenvalue weighted by molar-refractivity contribution is 9.10. The first kappa shape index (κ1) is 11.3. The zero-order valence-electron chi connectivity index (χ0n) is 8.94. The summed E-state index contributed by atoms with van der Waals surface area (Å²) in [6.45, 7) is 1.60. The third-order valence-electron chi connectivity index (χ3n) is 2.53. The molecule has 0 saturated heterocycles. The number of nitrogens with zero attached hydrogens (tertiary/aromatic N) is 1. The summed E-state index contributed by atoms with van der Waals surface area (Å²) >= 11 is 6.85. The second-order valence-electron chi connectivity index (χ2n) is 3.66. The van der Waals surface area contributed by atoms with E-state index in [-0.39, 0.29) is 5.91 Å². The second kappa shape index (κ2) is 4.15. The summed E-state index contributed by atoms with van der Waals surface area (Å²) in [5, 5.41) is 2.02. The standard InChI is InChI=1S/C12H8BrNOS2/c1-7(15)14-9-3-2-8(13)6-11(9)17-12-10(14)4-5-16-12/h2-6H,1H3. The molecule has 0 bridgehead atoms. The highest BCUT2D eigenvalue weighted by Gasteiger charge is 2.27. The molecule has 0 N–H and O–H groups in total. The van der Waals surface area contributed by atoms with E-state index in [2.05, 4.69) is 22.0 Å². The zero-order chi connectivity index (χ0) is 12.0. The Labute approximate surface area is 116 Å². The monoisotopic (exact) mass is 325 g/mol. The van der Waals surface area contributed by atoms with Crippen LogP contribution in [0.2, 0.25) is 0 Å². The summed E-state index contributed by atoms with van der Waals surface area (Å²) in [6, 6.07) is 8.00. The van der Waals surface area contributed by atoms with Crippen molar-refractivity contribution in [2.75, 3.05) is 4.90 Å². The number of halogens is 1. The lowest BCUT2D eigenvalue weighted by Gasteiger charge is -2.28. The molecule has 1 aromatic heterocycles. The fraction of sp³-hybridized carbons (Fsp3) is 0.0833. The van der Waals surface area contributed by atoms with Crippen molar-refractivity contribution in [2.45, 2.75) is 16.0 Å². The third kappa shape index (κ3) is 1.82. The average Bonchev–Trinajstić information content (AvgIpc) is 2.72. The van der Waals surface area contributed by atoms with E-state index in [4.69, 9.17) is 0 Å². The summed E-state index contributed by atoms with van der Waals surface area (Å²) in [5.41, 5.74) is 1.97. The molecule has 2 nitrogen and oxygen atoms in total. The van der Waals surface area contributed by atoms with Crippen LogP contribution < -0.4 is 4.90 Å². The molecule has 1 aromatic carbocycles. The van der Waals surface area contributed by atoms with Gasteiger partial charge in [0.2, 0.25) is 5.91 Å².